The Kier molecular flexibility index (Phi) is 6.50. The summed E-state index contributed by atoms with van der Waals surface area (Å²) in [7, 11) is 1.89. The molecular weight excluding hydrogens is 242 g/mol. The molecule has 0 bridgehead atoms. The molecular formula is C11H20ClN3O2. The first-order chi connectivity index (χ1) is 8.16. The Labute approximate surface area is 107 Å². The van der Waals surface area contributed by atoms with E-state index < -0.39 is 0 Å². The van der Waals surface area contributed by atoms with E-state index in [9.17, 15) is 0 Å². The molecule has 1 heterocycles. The predicted octanol–water partition coefficient (Wildman–Crippen LogP) is 0.871. The summed E-state index contributed by atoms with van der Waals surface area (Å²) < 4.78 is 6.95. The fourth-order valence-corrected chi connectivity index (χ4v) is 1.77. The minimum absolute atomic E-state index is 0.0807. The second kappa shape index (κ2) is 7.66. The Morgan fingerprint density at radius 1 is 1.47 bits per heavy atom. The molecule has 98 valence electrons. The van der Waals surface area contributed by atoms with E-state index in [0.717, 1.165) is 29.4 Å². The summed E-state index contributed by atoms with van der Waals surface area (Å²) in [5.74, 6) is 0. The van der Waals surface area contributed by atoms with Crippen LogP contribution in [0.5, 0.6) is 0 Å². The monoisotopic (exact) mass is 261 g/mol. The highest BCUT2D eigenvalue weighted by atomic mass is 35.5. The third-order valence-corrected chi connectivity index (χ3v) is 2.92. The smallest absolute Gasteiger partial charge is 0.0860 e. The van der Waals surface area contributed by atoms with E-state index >= 15 is 0 Å². The molecule has 0 radical (unpaired) electrons. The highest BCUT2D eigenvalue weighted by Crippen LogP contribution is 2.18. The van der Waals surface area contributed by atoms with Gasteiger partial charge in [-0.2, -0.15) is 5.10 Å². The summed E-state index contributed by atoms with van der Waals surface area (Å²) in [6, 6.07) is 0. The minimum atomic E-state index is 0.0807. The molecule has 0 amide bonds. The molecule has 17 heavy (non-hydrogen) atoms. The Bertz CT molecular complexity index is 342. The van der Waals surface area contributed by atoms with Crippen molar-refractivity contribution in [1.82, 2.24) is 15.1 Å². The van der Waals surface area contributed by atoms with E-state index in [0.29, 0.717) is 19.8 Å². The number of rotatable bonds is 8. The van der Waals surface area contributed by atoms with Gasteiger partial charge in [0.05, 0.1) is 29.6 Å². The van der Waals surface area contributed by atoms with E-state index in [1.54, 1.807) is 4.68 Å². The van der Waals surface area contributed by atoms with Gasteiger partial charge in [0.25, 0.3) is 0 Å². The summed E-state index contributed by atoms with van der Waals surface area (Å²) in [5.41, 5.74) is 1.86. The zero-order chi connectivity index (χ0) is 12.7. The van der Waals surface area contributed by atoms with Crippen LogP contribution in [0, 0.1) is 6.92 Å². The lowest BCUT2D eigenvalue weighted by molar-refractivity contribution is 0.0907. The van der Waals surface area contributed by atoms with Gasteiger partial charge in [-0.1, -0.05) is 11.6 Å². The molecule has 2 N–H and O–H groups in total. The van der Waals surface area contributed by atoms with Gasteiger partial charge in [-0.15, -0.1) is 0 Å². The second-order valence-electron chi connectivity index (χ2n) is 3.84. The molecule has 0 saturated carbocycles. The lowest BCUT2D eigenvalue weighted by atomic mass is 10.3. The molecule has 1 rings (SSSR count). The van der Waals surface area contributed by atoms with Crippen molar-refractivity contribution >= 4 is 11.6 Å². The molecule has 0 atom stereocenters. The number of aryl methyl sites for hydroxylation is 2. The van der Waals surface area contributed by atoms with Gasteiger partial charge in [0.2, 0.25) is 0 Å². The van der Waals surface area contributed by atoms with Crippen LogP contribution < -0.4 is 5.32 Å². The quantitative estimate of drug-likeness (QED) is 0.682. The molecule has 0 spiro atoms. The minimum Gasteiger partial charge on any atom is -0.394 e. The average Bonchev–Trinajstić information content (AvgIpc) is 2.54. The Balaban J connectivity index is 2.18. The van der Waals surface area contributed by atoms with Gasteiger partial charge >= 0.3 is 0 Å². The molecule has 0 aromatic carbocycles. The second-order valence-corrected chi connectivity index (χ2v) is 4.21. The van der Waals surface area contributed by atoms with Crippen molar-refractivity contribution in [2.45, 2.75) is 19.9 Å². The predicted molar refractivity (Wildman–Crippen MR) is 67.2 cm³/mol. The highest BCUT2D eigenvalue weighted by Gasteiger charge is 2.09. The molecule has 0 aliphatic rings. The van der Waals surface area contributed by atoms with Crippen LogP contribution in [-0.4, -0.2) is 41.3 Å². The van der Waals surface area contributed by atoms with Crippen LogP contribution in [0.1, 0.15) is 17.8 Å². The molecule has 5 nitrogen and oxygen atoms in total. The average molecular weight is 262 g/mol. The first-order valence-electron chi connectivity index (χ1n) is 5.74. The lowest BCUT2D eigenvalue weighted by Gasteiger charge is -2.06. The molecule has 0 saturated heterocycles. The van der Waals surface area contributed by atoms with Crippen molar-refractivity contribution in [3.63, 3.8) is 0 Å². The van der Waals surface area contributed by atoms with Gasteiger partial charge in [-0.05, 0) is 19.9 Å². The van der Waals surface area contributed by atoms with Crippen molar-refractivity contribution in [3.05, 3.63) is 16.4 Å². The van der Waals surface area contributed by atoms with Crippen LogP contribution in [0.15, 0.2) is 0 Å². The number of aliphatic hydroxyl groups excluding tert-OH is 1. The number of hydrogen-bond donors (Lipinski definition) is 2. The molecule has 1 aromatic heterocycles. The van der Waals surface area contributed by atoms with Crippen LogP contribution in [-0.2, 0) is 18.3 Å². The largest absolute Gasteiger partial charge is 0.394 e. The van der Waals surface area contributed by atoms with Gasteiger partial charge < -0.3 is 15.2 Å². The van der Waals surface area contributed by atoms with Crippen molar-refractivity contribution in [2.75, 3.05) is 26.4 Å². The SMILES string of the molecule is Cc1nn(C)c(CNCCCOCCO)c1Cl. The molecule has 0 fully saturated rings. The van der Waals surface area contributed by atoms with Crippen molar-refractivity contribution in [3.8, 4) is 0 Å². The first-order valence-corrected chi connectivity index (χ1v) is 6.12. The zero-order valence-electron chi connectivity index (χ0n) is 10.4. The molecule has 6 heteroatoms. The highest BCUT2D eigenvalue weighted by molar-refractivity contribution is 6.31. The van der Waals surface area contributed by atoms with Crippen molar-refractivity contribution < 1.29 is 9.84 Å². The van der Waals surface area contributed by atoms with Crippen molar-refractivity contribution in [1.29, 1.82) is 0 Å². The third-order valence-electron chi connectivity index (χ3n) is 2.43. The van der Waals surface area contributed by atoms with Gasteiger partial charge in [0, 0.05) is 20.2 Å². The van der Waals surface area contributed by atoms with Gasteiger partial charge in [-0.25, -0.2) is 0 Å². The van der Waals surface area contributed by atoms with E-state index in [4.69, 9.17) is 21.4 Å². The van der Waals surface area contributed by atoms with Gasteiger partial charge in [-0.3, -0.25) is 4.68 Å². The maximum absolute atomic E-state index is 8.52. The van der Waals surface area contributed by atoms with Crippen LogP contribution in [0.25, 0.3) is 0 Å². The molecule has 1 aromatic rings. The topological polar surface area (TPSA) is 59.3 Å². The fourth-order valence-electron chi connectivity index (χ4n) is 1.54. The van der Waals surface area contributed by atoms with E-state index in [1.807, 2.05) is 14.0 Å². The van der Waals surface area contributed by atoms with Gasteiger partial charge in [0.15, 0.2) is 0 Å². The number of aliphatic hydroxyl groups is 1. The van der Waals surface area contributed by atoms with Crippen LogP contribution in [0.4, 0.5) is 0 Å². The maximum atomic E-state index is 8.52. The summed E-state index contributed by atoms with van der Waals surface area (Å²) in [5, 5.41) is 16.8. The maximum Gasteiger partial charge on any atom is 0.0860 e. The Hall–Kier alpha value is -0.620. The summed E-state index contributed by atoms with van der Waals surface area (Å²) >= 11 is 6.12. The fraction of sp³-hybridized carbons (Fsp3) is 0.727. The first kappa shape index (κ1) is 14.4. The summed E-state index contributed by atoms with van der Waals surface area (Å²) in [6.45, 7) is 4.60. The van der Waals surface area contributed by atoms with Gasteiger partial charge in [0.1, 0.15) is 0 Å². The number of hydrogen-bond acceptors (Lipinski definition) is 4. The number of halogens is 1. The summed E-state index contributed by atoms with van der Waals surface area (Å²) in [4.78, 5) is 0. The normalized spacial score (nSPS) is 11.1. The lowest BCUT2D eigenvalue weighted by Crippen LogP contribution is -2.18. The van der Waals surface area contributed by atoms with Crippen LogP contribution >= 0.6 is 11.6 Å². The number of nitrogens with one attached hydrogen (secondary N) is 1. The van der Waals surface area contributed by atoms with E-state index in [-0.39, 0.29) is 6.61 Å². The van der Waals surface area contributed by atoms with Crippen LogP contribution in [0.3, 0.4) is 0 Å². The van der Waals surface area contributed by atoms with Crippen molar-refractivity contribution in [2.24, 2.45) is 7.05 Å². The Morgan fingerprint density at radius 3 is 2.82 bits per heavy atom. The Morgan fingerprint density at radius 2 is 2.24 bits per heavy atom. The van der Waals surface area contributed by atoms with E-state index in [1.165, 1.54) is 0 Å². The number of nitrogens with zero attached hydrogens (tertiary/aromatic N) is 2. The third kappa shape index (κ3) is 4.63. The molecule has 0 unspecified atom stereocenters. The standard InChI is InChI=1S/C11H20ClN3O2/c1-9-11(12)10(15(2)14-9)8-13-4-3-6-17-7-5-16/h13,16H,3-8H2,1-2H3. The zero-order valence-corrected chi connectivity index (χ0v) is 11.1. The number of aromatic nitrogens is 2. The molecule has 0 aliphatic heterocycles. The van der Waals surface area contributed by atoms with Crippen LogP contribution in [0.2, 0.25) is 5.02 Å². The molecule has 0 aliphatic carbocycles. The number of ether oxygens (including phenoxy) is 1. The van der Waals surface area contributed by atoms with E-state index in [2.05, 4.69) is 10.4 Å². The summed E-state index contributed by atoms with van der Waals surface area (Å²) in [6.07, 6.45) is 0.911.